The van der Waals surface area contributed by atoms with Gasteiger partial charge in [-0.05, 0) is 11.1 Å². The Bertz CT molecular complexity index is 993. The first kappa shape index (κ1) is 29.8. The van der Waals surface area contributed by atoms with Crippen LogP contribution in [0.2, 0.25) is 0 Å². The fourth-order valence-electron chi connectivity index (χ4n) is 3.43. The number of nitrogens with two attached hydrogens (primary N) is 1. The SMILES string of the molecule is N[C@@H](COCc1ccccc1)C(=O)N[C@@H](CO)[C@@H](O)[C@@H](O)[C@H](O)C(=O)N[C@@H](CC(=O)O)c1ccccc1. The minimum Gasteiger partial charge on any atom is -0.481 e. The molecule has 2 aromatic carbocycles. The average Bonchev–Trinajstić information content (AvgIpc) is 2.90. The number of aliphatic hydroxyl groups excluding tert-OH is 4. The molecule has 0 aromatic heterocycles. The summed E-state index contributed by atoms with van der Waals surface area (Å²) in [6.07, 6.45) is -6.81. The van der Waals surface area contributed by atoms with E-state index in [1.54, 1.807) is 30.3 Å². The highest BCUT2D eigenvalue weighted by molar-refractivity contribution is 5.83. The molecule has 202 valence electrons. The topological polar surface area (TPSA) is 212 Å². The van der Waals surface area contributed by atoms with Crippen molar-refractivity contribution in [3.8, 4) is 0 Å². The number of carbonyl (C=O) groups is 3. The molecule has 2 aromatic rings. The molecule has 12 heteroatoms. The van der Waals surface area contributed by atoms with Gasteiger partial charge in [-0.1, -0.05) is 60.7 Å². The van der Waals surface area contributed by atoms with E-state index in [9.17, 15) is 34.8 Å². The van der Waals surface area contributed by atoms with Crippen LogP contribution in [0.15, 0.2) is 60.7 Å². The Balaban J connectivity index is 1.92. The largest absolute Gasteiger partial charge is 0.481 e. The second-order valence-corrected chi connectivity index (χ2v) is 8.40. The van der Waals surface area contributed by atoms with Crippen molar-refractivity contribution in [3.05, 3.63) is 71.8 Å². The normalized spacial score (nSPS) is 16.0. The molecular weight excluding hydrogens is 486 g/mol. The molecule has 37 heavy (non-hydrogen) atoms. The van der Waals surface area contributed by atoms with Crippen molar-refractivity contribution in [1.29, 1.82) is 0 Å². The number of hydrogen-bond donors (Lipinski definition) is 8. The molecule has 0 radical (unpaired) electrons. The molecule has 0 saturated carbocycles. The van der Waals surface area contributed by atoms with E-state index in [0.29, 0.717) is 5.56 Å². The van der Waals surface area contributed by atoms with E-state index in [1.807, 2.05) is 30.3 Å². The first-order valence-corrected chi connectivity index (χ1v) is 11.5. The van der Waals surface area contributed by atoms with Crippen molar-refractivity contribution in [2.24, 2.45) is 5.73 Å². The molecule has 2 amide bonds. The summed E-state index contributed by atoms with van der Waals surface area (Å²) >= 11 is 0. The average molecular weight is 520 g/mol. The van der Waals surface area contributed by atoms with Gasteiger partial charge >= 0.3 is 5.97 Å². The van der Waals surface area contributed by atoms with Gasteiger partial charge in [0, 0.05) is 0 Å². The highest BCUT2D eigenvalue weighted by Gasteiger charge is 2.37. The van der Waals surface area contributed by atoms with Crippen LogP contribution in [0.5, 0.6) is 0 Å². The van der Waals surface area contributed by atoms with E-state index < -0.39 is 67.2 Å². The lowest BCUT2D eigenvalue weighted by molar-refractivity contribution is -0.145. The van der Waals surface area contributed by atoms with Gasteiger partial charge in [0.25, 0.3) is 5.91 Å². The zero-order valence-electron chi connectivity index (χ0n) is 20.0. The number of carboxylic acids is 1. The van der Waals surface area contributed by atoms with Crippen molar-refractivity contribution < 1.29 is 44.7 Å². The minimum atomic E-state index is -2.20. The fourth-order valence-corrected chi connectivity index (χ4v) is 3.43. The number of hydrogen-bond acceptors (Lipinski definition) is 9. The Kier molecular flexibility index (Phi) is 12.1. The number of benzene rings is 2. The zero-order valence-corrected chi connectivity index (χ0v) is 20.0. The minimum absolute atomic E-state index is 0.174. The van der Waals surface area contributed by atoms with Gasteiger partial charge in [-0.2, -0.15) is 0 Å². The number of aliphatic carboxylic acids is 1. The number of carbonyl (C=O) groups excluding carboxylic acids is 2. The first-order chi connectivity index (χ1) is 17.6. The maximum Gasteiger partial charge on any atom is 0.305 e. The molecule has 6 atom stereocenters. The predicted octanol–water partition coefficient (Wildman–Crippen LogP) is -1.58. The van der Waals surface area contributed by atoms with Gasteiger partial charge in [0.05, 0.1) is 38.3 Å². The predicted molar refractivity (Wildman–Crippen MR) is 131 cm³/mol. The summed E-state index contributed by atoms with van der Waals surface area (Å²) in [7, 11) is 0. The highest BCUT2D eigenvalue weighted by atomic mass is 16.5. The Hall–Kier alpha value is -3.39. The van der Waals surface area contributed by atoms with Gasteiger partial charge in [-0.25, -0.2) is 0 Å². The van der Waals surface area contributed by atoms with Gasteiger partial charge in [0.15, 0.2) is 6.10 Å². The molecule has 0 aliphatic rings. The number of carboxylic acid groups (broad SMARTS) is 1. The van der Waals surface area contributed by atoms with Crippen molar-refractivity contribution in [2.45, 2.75) is 49.5 Å². The Morgan fingerprint density at radius 1 is 0.865 bits per heavy atom. The smallest absolute Gasteiger partial charge is 0.305 e. The molecule has 0 spiro atoms. The summed E-state index contributed by atoms with van der Waals surface area (Å²) in [5.74, 6) is -3.17. The molecule has 12 nitrogen and oxygen atoms in total. The first-order valence-electron chi connectivity index (χ1n) is 11.5. The number of nitrogens with one attached hydrogen (secondary N) is 2. The van der Waals surface area contributed by atoms with Gasteiger partial charge in [0.1, 0.15) is 18.2 Å². The lowest BCUT2D eigenvalue weighted by Crippen LogP contribution is -2.59. The highest BCUT2D eigenvalue weighted by Crippen LogP contribution is 2.17. The van der Waals surface area contributed by atoms with E-state index in [2.05, 4.69) is 10.6 Å². The lowest BCUT2D eigenvalue weighted by Gasteiger charge is -2.30. The van der Waals surface area contributed by atoms with Crippen LogP contribution >= 0.6 is 0 Å². The summed E-state index contributed by atoms with van der Waals surface area (Å²) in [6, 6.07) is 13.6. The van der Waals surface area contributed by atoms with Crippen LogP contribution in [0.25, 0.3) is 0 Å². The third-order valence-electron chi connectivity index (χ3n) is 5.52. The Morgan fingerprint density at radius 2 is 1.46 bits per heavy atom. The Morgan fingerprint density at radius 3 is 2.03 bits per heavy atom. The quantitative estimate of drug-likeness (QED) is 0.135. The van der Waals surface area contributed by atoms with Gasteiger partial charge in [0.2, 0.25) is 5.91 Å². The van der Waals surface area contributed by atoms with Crippen LogP contribution in [-0.4, -0.2) is 86.9 Å². The van der Waals surface area contributed by atoms with Crippen molar-refractivity contribution in [2.75, 3.05) is 13.2 Å². The maximum absolute atomic E-state index is 12.5. The van der Waals surface area contributed by atoms with Crippen LogP contribution in [0.4, 0.5) is 0 Å². The van der Waals surface area contributed by atoms with Gasteiger partial charge < -0.3 is 46.6 Å². The van der Waals surface area contributed by atoms with Crippen molar-refractivity contribution >= 4 is 17.8 Å². The molecule has 0 aliphatic carbocycles. The lowest BCUT2D eigenvalue weighted by atomic mass is 9.99. The number of rotatable bonds is 15. The molecule has 2 rings (SSSR count). The van der Waals surface area contributed by atoms with Crippen molar-refractivity contribution in [1.82, 2.24) is 10.6 Å². The van der Waals surface area contributed by atoms with E-state index in [1.165, 1.54) is 0 Å². The molecule has 0 unspecified atom stereocenters. The summed E-state index contributed by atoms with van der Waals surface area (Å²) in [6.45, 7) is -0.811. The van der Waals surface area contributed by atoms with Gasteiger partial charge in [-0.15, -0.1) is 0 Å². The van der Waals surface area contributed by atoms with Crippen LogP contribution < -0.4 is 16.4 Å². The summed E-state index contributed by atoms with van der Waals surface area (Å²) in [5.41, 5.74) is 7.11. The van der Waals surface area contributed by atoms with Crippen LogP contribution in [0.3, 0.4) is 0 Å². The molecule has 0 bridgehead atoms. The van der Waals surface area contributed by atoms with Gasteiger partial charge in [-0.3, -0.25) is 14.4 Å². The molecule has 9 N–H and O–H groups in total. The number of ether oxygens (including phenoxy) is 1. The molecular formula is C25H33N3O9. The van der Waals surface area contributed by atoms with E-state index >= 15 is 0 Å². The zero-order chi connectivity index (χ0) is 27.4. The maximum atomic E-state index is 12.5. The molecule has 0 heterocycles. The molecule has 0 aliphatic heterocycles. The van der Waals surface area contributed by atoms with Crippen LogP contribution in [0.1, 0.15) is 23.6 Å². The van der Waals surface area contributed by atoms with Crippen LogP contribution in [0, 0.1) is 0 Å². The second-order valence-electron chi connectivity index (χ2n) is 8.40. The van der Waals surface area contributed by atoms with E-state index in [-0.39, 0.29) is 13.2 Å². The third kappa shape index (κ3) is 9.53. The fraction of sp³-hybridized carbons (Fsp3) is 0.400. The van der Waals surface area contributed by atoms with Crippen molar-refractivity contribution in [3.63, 3.8) is 0 Å². The van der Waals surface area contributed by atoms with Crippen LogP contribution in [-0.2, 0) is 25.7 Å². The summed E-state index contributed by atoms with van der Waals surface area (Å²) in [5, 5.41) is 54.4. The number of amides is 2. The van der Waals surface area contributed by atoms with E-state index in [0.717, 1.165) is 5.56 Å². The summed E-state index contributed by atoms with van der Waals surface area (Å²) in [4.78, 5) is 36.1. The number of aliphatic hydroxyl groups is 4. The molecule has 0 saturated heterocycles. The third-order valence-corrected chi connectivity index (χ3v) is 5.52. The monoisotopic (exact) mass is 519 g/mol. The molecule has 0 fully saturated rings. The standard InChI is InChI=1S/C25H33N3O9/c26-17(14-37-13-15-7-3-1-4-8-15)24(35)28-19(12-29)21(32)22(33)23(34)25(36)27-18(11-20(30)31)16-9-5-2-6-10-16/h1-10,17-19,21-23,29,32-34H,11-14,26H2,(H,27,36)(H,28,35)(H,30,31)/t17-,18-,19-,21+,22+,23-/m0/s1. The second kappa shape index (κ2) is 15.0. The Labute approximate surface area is 213 Å². The van der Waals surface area contributed by atoms with E-state index in [4.69, 9.17) is 15.6 Å². The summed E-state index contributed by atoms with van der Waals surface area (Å²) < 4.78 is 5.40.